The minimum Gasteiger partial charge on any atom is -0.385 e. The first-order valence-corrected chi connectivity index (χ1v) is 6.67. The van der Waals surface area contributed by atoms with Crippen LogP contribution in [0.15, 0.2) is 18.2 Å². The number of methoxy groups -OCH3 is 1. The molecule has 1 aliphatic carbocycles. The molecule has 1 atom stereocenters. The van der Waals surface area contributed by atoms with Gasteiger partial charge in [-0.3, -0.25) is 9.59 Å². The molecule has 3 rings (SSSR count). The van der Waals surface area contributed by atoms with Gasteiger partial charge in [0.05, 0.1) is 0 Å². The average molecular weight is 259 g/mol. The van der Waals surface area contributed by atoms with Crippen molar-refractivity contribution in [2.24, 2.45) is 0 Å². The lowest BCUT2D eigenvalue weighted by Crippen LogP contribution is -2.37. The van der Waals surface area contributed by atoms with E-state index < -0.39 is 0 Å². The van der Waals surface area contributed by atoms with E-state index in [4.69, 9.17) is 4.74 Å². The highest BCUT2D eigenvalue weighted by Gasteiger charge is 2.39. The van der Waals surface area contributed by atoms with Gasteiger partial charge in [0.15, 0.2) is 5.78 Å². The summed E-state index contributed by atoms with van der Waals surface area (Å²) in [6, 6.07) is 5.70. The van der Waals surface area contributed by atoms with Crippen molar-refractivity contribution in [1.29, 1.82) is 0 Å². The van der Waals surface area contributed by atoms with E-state index in [2.05, 4.69) is 0 Å². The van der Waals surface area contributed by atoms with Gasteiger partial charge in [-0.1, -0.05) is 12.1 Å². The minimum atomic E-state index is 0.102. The highest BCUT2D eigenvalue weighted by molar-refractivity contribution is 6.08. The second-order valence-electron chi connectivity index (χ2n) is 5.16. The van der Waals surface area contributed by atoms with Crippen LogP contribution in [0.25, 0.3) is 0 Å². The van der Waals surface area contributed by atoms with Gasteiger partial charge in [-0.25, -0.2) is 0 Å². The molecule has 1 unspecified atom stereocenters. The molecule has 1 aromatic rings. The molecule has 4 nitrogen and oxygen atoms in total. The Morgan fingerprint density at radius 2 is 2.16 bits per heavy atom. The maximum atomic E-state index is 12.2. The number of carbonyl (C=O) groups is 2. The molecule has 0 fully saturated rings. The van der Waals surface area contributed by atoms with Crippen LogP contribution in [0.4, 0.5) is 5.69 Å². The number of rotatable bonds is 4. The zero-order valence-electron chi connectivity index (χ0n) is 11.0. The van der Waals surface area contributed by atoms with Crippen molar-refractivity contribution in [2.45, 2.75) is 25.2 Å². The number of Topliss-reactive ketones (excluding diaryl/α,β-unsaturated/α-hetero) is 1. The lowest BCUT2D eigenvalue weighted by molar-refractivity contribution is -0.119. The molecule has 1 aromatic carbocycles. The first-order valence-electron chi connectivity index (χ1n) is 6.67. The number of hydrogen-bond acceptors (Lipinski definition) is 3. The summed E-state index contributed by atoms with van der Waals surface area (Å²) >= 11 is 0. The molecule has 4 heteroatoms. The van der Waals surface area contributed by atoms with Gasteiger partial charge in [0, 0.05) is 50.3 Å². The largest absolute Gasteiger partial charge is 0.385 e. The molecule has 1 aliphatic heterocycles. The maximum Gasteiger partial charge on any atom is 0.227 e. The summed E-state index contributed by atoms with van der Waals surface area (Å²) in [7, 11) is 1.66. The van der Waals surface area contributed by atoms with Crippen molar-refractivity contribution < 1.29 is 14.3 Å². The lowest BCUT2D eigenvalue weighted by Gasteiger charge is -2.32. The first-order chi connectivity index (χ1) is 9.22. The van der Waals surface area contributed by atoms with E-state index in [1.807, 2.05) is 23.1 Å². The van der Waals surface area contributed by atoms with Crippen LogP contribution in [0.5, 0.6) is 0 Å². The van der Waals surface area contributed by atoms with E-state index in [9.17, 15) is 9.59 Å². The van der Waals surface area contributed by atoms with E-state index >= 15 is 0 Å². The Morgan fingerprint density at radius 3 is 2.95 bits per heavy atom. The highest BCUT2D eigenvalue weighted by Crippen LogP contribution is 2.45. The van der Waals surface area contributed by atoms with Crippen LogP contribution in [0, 0.1) is 0 Å². The zero-order valence-corrected chi connectivity index (χ0v) is 11.0. The molecule has 0 N–H and O–H groups in total. The molecule has 19 heavy (non-hydrogen) atoms. The summed E-state index contributed by atoms with van der Waals surface area (Å²) in [4.78, 5) is 26.0. The third-order valence-electron chi connectivity index (χ3n) is 3.97. The SMILES string of the molecule is COCCCN1C(=O)CC2CC(=O)c3cccc1c32. The van der Waals surface area contributed by atoms with Crippen molar-refractivity contribution in [2.75, 3.05) is 25.2 Å². The van der Waals surface area contributed by atoms with E-state index in [0.29, 0.717) is 26.0 Å². The number of benzene rings is 1. The second kappa shape index (κ2) is 4.78. The van der Waals surface area contributed by atoms with Crippen molar-refractivity contribution in [3.8, 4) is 0 Å². The van der Waals surface area contributed by atoms with Gasteiger partial charge in [-0.05, 0) is 18.1 Å². The molecule has 1 amide bonds. The average Bonchev–Trinajstić information content (AvgIpc) is 2.71. The Morgan fingerprint density at radius 1 is 1.32 bits per heavy atom. The Labute approximate surface area is 112 Å². The van der Waals surface area contributed by atoms with E-state index in [0.717, 1.165) is 23.2 Å². The summed E-state index contributed by atoms with van der Waals surface area (Å²) in [5.41, 5.74) is 2.83. The Bertz CT molecular complexity index is 538. The number of anilines is 1. The predicted octanol–water partition coefficient (Wildman–Crippen LogP) is 2.13. The molecular formula is C15H17NO3. The molecule has 100 valence electrons. The minimum absolute atomic E-state index is 0.102. The van der Waals surface area contributed by atoms with Gasteiger partial charge in [-0.2, -0.15) is 0 Å². The first kappa shape index (κ1) is 12.4. The summed E-state index contributed by atoms with van der Waals surface area (Å²) < 4.78 is 5.04. The highest BCUT2D eigenvalue weighted by atomic mass is 16.5. The van der Waals surface area contributed by atoms with Gasteiger partial charge in [-0.15, -0.1) is 0 Å². The number of ether oxygens (including phenoxy) is 1. The van der Waals surface area contributed by atoms with Crippen LogP contribution >= 0.6 is 0 Å². The topological polar surface area (TPSA) is 46.6 Å². The molecule has 0 bridgehead atoms. The van der Waals surface area contributed by atoms with Crippen molar-refractivity contribution in [1.82, 2.24) is 0 Å². The Hall–Kier alpha value is -1.68. The molecule has 0 radical (unpaired) electrons. The fraction of sp³-hybridized carbons (Fsp3) is 0.467. The van der Waals surface area contributed by atoms with Gasteiger partial charge in [0.1, 0.15) is 0 Å². The van der Waals surface area contributed by atoms with Crippen LogP contribution in [0.1, 0.15) is 41.1 Å². The molecule has 0 aromatic heterocycles. The van der Waals surface area contributed by atoms with Crippen molar-refractivity contribution in [3.05, 3.63) is 29.3 Å². The number of ketones is 1. The third-order valence-corrected chi connectivity index (χ3v) is 3.97. The van der Waals surface area contributed by atoms with E-state index in [1.165, 1.54) is 0 Å². The number of nitrogens with zero attached hydrogens (tertiary/aromatic N) is 1. The number of amides is 1. The fourth-order valence-corrected chi connectivity index (χ4v) is 3.14. The van der Waals surface area contributed by atoms with Crippen molar-refractivity contribution in [3.63, 3.8) is 0 Å². The van der Waals surface area contributed by atoms with Gasteiger partial charge >= 0.3 is 0 Å². The quantitative estimate of drug-likeness (QED) is 0.778. The Kier molecular flexibility index (Phi) is 3.11. The molecule has 1 heterocycles. The molecule has 0 spiro atoms. The normalized spacial score (nSPS) is 20.9. The van der Waals surface area contributed by atoms with Crippen LogP contribution in [-0.2, 0) is 9.53 Å². The van der Waals surface area contributed by atoms with E-state index in [1.54, 1.807) is 7.11 Å². The molecule has 0 saturated heterocycles. The lowest BCUT2D eigenvalue weighted by atomic mass is 9.91. The zero-order chi connectivity index (χ0) is 13.4. The van der Waals surface area contributed by atoms with Gasteiger partial charge in [0.2, 0.25) is 5.91 Å². The smallest absolute Gasteiger partial charge is 0.227 e. The summed E-state index contributed by atoms with van der Waals surface area (Å²) in [6.07, 6.45) is 1.76. The monoisotopic (exact) mass is 259 g/mol. The third kappa shape index (κ3) is 1.96. The molecule has 0 saturated carbocycles. The van der Waals surface area contributed by atoms with Crippen LogP contribution in [0.2, 0.25) is 0 Å². The van der Waals surface area contributed by atoms with Crippen molar-refractivity contribution >= 4 is 17.4 Å². The predicted molar refractivity (Wildman–Crippen MR) is 71.6 cm³/mol. The maximum absolute atomic E-state index is 12.2. The standard InChI is InChI=1S/C15H17NO3/c1-19-7-3-6-16-12-5-2-4-11-13(17)8-10(15(11)12)9-14(16)18/h2,4-5,10H,3,6-9H2,1H3. The van der Waals surface area contributed by atoms with E-state index in [-0.39, 0.29) is 17.6 Å². The summed E-state index contributed by atoms with van der Waals surface area (Å²) in [5, 5.41) is 0. The van der Waals surface area contributed by atoms with Gasteiger partial charge < -0.3 is 9.64 Å². The number of hydrogen-bond donors (Lipinski definition) is 0. The van der Waals surface area contributed by atoms with Crippen LogP contribution < -0.4 is 4.90 Å². The summed E-state index contributed by atoms with van der Waals surface area (Å²) in [6.45, 7) is 1.30. The number of carbonyl (C=O) groups excluding carboxylic acids is 2. The Balaban J connectivity index is 1.95. The van der Waals surface area contributed by atoms with Crippen LogP contribution in [-0.4, -0.2) is 32.0 Å². The van der Waals surface area contributed by atoms with Crippen LogP contribution in [0.3, 0.4) is 0 Å². The second-order valence-corrected chi connectivity index (χ2v) is 5.16. The fourth-order valence-electron chi connectivity index (χ4n) is 3.14. The molecular weight excluding hydrogens is 242 g/mol. The summed E-state index contributed by atoms with van der Waals surface area (Å²) in [5.74, 6) is 0.402. The van der Waals surface area contributed by atoms with Gasteiger partial charge in [0.25, 0.3) is 0 Å². The molecule has 2 aliphatic rings.